The van der Waals surface area contributed by atoms with Gasteiger partial charge in [0.2, 0.25) is 5.91 Å². The van der Waals surface area contributed by atoms with Crippen LogP contribution in [0.25, 0.3) is 0 Å². The number of esters is 1. The van der Waals surface area contributed by atoms with E-state index in [1.54, 1.807) is 0 Å². The Bertz CT molecular complexity index is 518. The predicted molar refractivity (Wildman–Crippen MR) is 69.2 cm³/mol. The molecule has 1 aromatic rings. The van der Waals surface area contributed by atoms with Gasteiger partial charge < -0.3 is 10.1 Å². The number of carbonyl (C=O) groups is 2. The molecule has 0 saturated heterocycles. The number of nitro groups is 1. The lowest BCUT2D eigenvalue weighted by Crippen LogP contribution is -2.19. The highest BCUT2D eigenvalue weighted by Gasteiger charge is 2.18. The van der Waals surface area contributed by atoms with Crippen LogP contribution < -0.4 is 5.32 Å². The standard InChI is InChI=1S/C11H12N2O5S/c1-12-10(14)6-19-9-5-7(11(15)18-2)3-4-8(9)13(16)17/h3-5H,6H2,1-2H3,(H,12,14). The molecule has 1 aromatic carbocycles. The first-order valence-corrected chi connectivity index (χ1v) is 6.18. The molecular formula is C11H12N2O5S. The van der Waals surface area contributed by atoms with E-state index in [-0.39, 0.29) is 27.8 Å². The molecule has 8 heteroatoms. The zero-order valence-electron chi connectivity index (χ0n) is 10.3. The van der Waals surface area contributed by atoms with Crippen LogP contribution in [0.15, 0.2) is 23.1 Å². The molecule has 7 nitrogen and oxygen atoms in total. The first-order chi connectivity index (χ1) is 8.99. The number of thioether (sulfide) groups is 1. The van der Waals surface area contributed by atoms with Gasteiger partial charge >= 0.3 is 5.97 Å². The summed E-state index contributed by atoms with van der Waals surface area (Å²) in [5.74, 6) is -0.818. The summed E-state index contributed by atoms with van der Waals surface area (Å²) in [7, 11) is 2.70. The number of amides is 1. The van der Waals surface area contributed by atoms with Gasteiger partial charge in [0, 0.05) is 13.1 Å². The van der Waals surface area contributed by atoms with Gasteiger partial charge in [-0.2, -0.15) is 0 Å². The Morgan fingerprint density at radius 2 is 2.16 bits per heavy atom. The number of carbonyl (C=O) groups excluding carboxylic acids is 2. The van der Waals surface area contributed by atoms with E-state index in [9.17, 15) is 19.7 Å². The Hall–Kier alpha value is -2.09. The summed E-state index contributed by atoms with van der Waals surface area (Å²) in [5, 5.41) is 13.3. The van der Waals surface area contributed by atoms with Gasteiger partial charge in [-0.1, -0.05) is 0 Å². The number of benzene rings is 1. The maximum absolute atomic E-state index is 11.4. The first-order valence-electron chi connectivity index (χ1n) is 5.19. The van der Waals surface area contributed by atoms with Crippen molar-refractivity contribution < 1.29 is 19.2 Å². The van der Waals surface area contributed by atoms with Crippen LogP contribution in [0.4, 0.5) is 5.69 Å². The highest BCUT2D eigenvalue weighted by atomic mass is 32.2. The second kappa shape index (κ2) is 6.74. The molecule has 0 aromatic heterocycles. The maximum Gasteiger partial charge on any atom is 0.337 e. The van der Waals surface area contributed by atoms with Crippen LogP contribution in [0.3, 0.4) is 0 Å². The molecule has 1 N–H and O–H groups in total. The molecule has 0 bridgehead atoms. The van der Waals surface area contributed by atoms with Crippen LogP contribution in [0.2, 0.25) is 0 Å². The summed E-state index contributed by atoms with van der Waals surface area (Å²) in [5.41, 5.74) is 0.0501. The number of hydrogen-bond donors (Lipinski definition) is 1. The fourth-order valence-corrected chi connectivity index (χ4v) is 2.17. The lowest BCUT2D eigenvalue weighted by molar-refractivity contribution is -0.387. The smallest absolute Gasteiger partial charge is 0.337 e. The largest absolute Gasteiger partial charge is 0.465 e. The number of nitrogens with zero attached hydrogens (tertiary/aromatic N) is 1. The van der Waals surface area contributed by atoms with E-state index < -0.39 is 10.9 Å². The van der Waals surface area contributed by atoms with Crippen LogP contribution >= 0.6 is 11.8 Å². The molecule has 0 atom stereocenters. The molecule has 0 aliphatic carbocycles. The van der Waals surface area contributed by atoms with Crippen molar-refractivity contribution in [3.63, 3.8) is 0 Å². The van der Waals surface area contributed by atoms with Crippen molar-refractivity contribution in [1.29, 1.82) is 0 Å². The molecule has 0 saturated carbocycles. The van der Waals surface area contributed by atoms with E-state index in [0.29, 0.717) is 0 Å². The molecule has 0 unspecified atom stereocenters. The first kappa shape index (κ1) is 15.0. The normalized spacial score (nSPS) is 9.79. The van der Waals surface area contributed by atoms with Crippen molar-refractivity contribution >= 4 is 29.3 Å². The van der Waals surface area contributed by atoms with Gasteiger partial charge in [-0.15, -0.1) is 11.8 Å². The maximum atomic E-state index is 11.4. The van der Waals surface area contributed by atoms with Crippen molar-refractivity contribution in [2.24, 2.45) is 0 Å². The van der Waals surface area contributed by atoms with Crippen LogP contribution in [-0.2, 0) is 9.53 Å². The number of nitro benzene ring substituents is 1. The molecule has 19 heavy (non-hydrogen) atoms. The van der Waals surface area contributed by atoms with Crippen molar-refractivity contribution in [2.75, 3.05) is 19.9 Å². The monoisotopic (exact) mass is 284 g/mol. The molecule has 1 rings (SSSR count). The lowest BCUT2D eigenvalue weighted by Gasteiger charge is -2.05. The van der Waals surface area contributed by atoms with E-state index in [2.05, 4.69) is 10.1 Å². The third-order valence-electron chi connectivity index (χ3n) is 2.22. The molecule has 0 radical (unpaired) electrons. The van der Waals surface area contributed by atoms with Crippen molar-refractivity contribution in [2.45, 2.75) is 4.90 Å². The summed E-state index contributed by atoms with van der Waals surface area (Å²) < 4.78 is 4.54. The Kier molecular flexibility index (Phi) is 5.31. The summed E-state index contributed by atoms with van der Waals surface area (Å²) in [6.45, 7) is 0. The molecule has 0 spiro atoms. The van der Waals surface area contributed by atoms with Crippen LogP contribution in [0.1, 0.15) is 10.4 Å². The zero-order chi connectivity index (χ0) is 14.4. The van der Waals surface area contributed by atoms with Crippen molar-refractivity contribution in [3.8, 4) is 0 Å². The molecule has 102 valence electrons. The minimum atomic E-state index is -0.586. The number of rotatable bonds is 5. The summed E-state index contributed by atoms with van der Waals surface area (Å²) in [6, 6.07) is 3.88. The Morgan fingerprint density at radius 3 is 2.68 bits per heavy atom. The fourth-order valence-electron chi connectivity index (χ4n) is 1.24. The number of hydrogen-bond acceptors (Lipinski definition) is 6. The minimum Gasteiger partial charge on any atom is -0.465 e. The number of methoxy groups -OCH3 is 1. The molecular weight excluding hydrogens is 272 g/mol. The van der Waals surface area contributed by atoms with Crippen molar-refractivity contribution in [3.05, 3.63) is 33.9 Å². The Balaban J connectivity index is 3.05. The van der Waals surface area contributed by atoms with E-state index in [1.807, 2.05) is 0 Å². The van der Waals surface area contributed by atoms with Gasteiger partial charge in [0.25, 0.3) is 5.69 Å². The molecule has 0 aliphatic heterocycles. The number of nitrogens with one attached hydrogen (secondary N) is 1. The second-order valence-corrected chi connectivity index (χ2v) is 4.41. The van der Waals surface area contributed by atoms with E-state index in [4.69, 9.17) is 0 Å². The summed E-state index contributed by atoms with van der Waals surface area (Å²) in [6.07, 6.45) is 0. The lowest BCUT2D eigenvalue weighted by atomic mass is 10.2. The van der Waals surface area contributed by atoms with Crippen LogP contribution in [0, 0.1) is 10.1 Å². The third kappa shape index (κ3) is 3.95. The fraction of sp³-hybridized carbons (Fsp3) is 0.273. The minimum absolute atomic E-state index is 0.0297. The van der Waals surface area contributed by atoms with Crippen molar-refractivity contribution in [1.82, 2.24) is 5.32 Å². The molecule has 0 aliphatic rings. The molecule has 0 heterocycles. The van der Waals surface area contributed by atoms with Gasteiger partial charge in [0.05, 0.1) is 28.2 Å². The topological polar surface area (TPSA) is 98.5 Å². The molecule has 0 fully saturated rings. The van der Waals surface area contributed by atoms with Gasteiger partial charge in [-0.25, -0.2) is 4.79 Å². The Morgan fingerprint density at radius 1 is 1.47 bits per heavy atom. The SMILES string of the molecule is CNC(=O)CSc1cc(C(=O)OC)ccc1[N+](=O)[O-]. The van der Waals surface area contributed by atoms with Crippen LogP contribution in [0.5, 0.6) is 0 Å². The van der Waals surface area contributed by atoms with E-state index >= 15 is 0 Å². The average molecular weight is 284 g/mol. The highest BCUT2D eigenvalue weighted by Crippen LogP contribution is 2.30. The van der Waals surface area contributed by atoms with Gasteiger partial charge in [-0.3, -0.25) is 14.9 Å². The second-order valence-electron chi connectivity index (χ2n) is 3.39. The van der Waals surface area contributed by atoms with Gasteiger partial charge in [-0.05, 0) is 12.1 Å². The summed E-state index contributed by atoms with van der Waals surface area (Å²) in [4.78, 5) is 33.1. The van der Waals surface area contributed by atoms with E-state index in [0.717, 1.165) is 11.8 Å². The van der Waals surface area contributed by atoms with Gasteiger partial charge in [0.15, 0.2) is 0 Å². The Labute approximate surface area is 113 Å². The highest BCUT2D eigenvalue weighted by molar-refractivity contribution is 8.00. The predicted octanol–water partition coefficient (Wildman–Crippen LogP) is 1.22. The molecule has 1 amide bonds. The quantitative estimate of drug-likeness (QED) is 0.378. The van der Waals surface area contributed by atoms with E-state index in [1.165, 1.54) is 32.4 Å². The summed E-state index contributed by atoms with van der Waals surface area (Å²) >= 11 is 0.989. The van der Waals surface area contributed by atoms with Crippen LogP contribution in [-0.4, -0.2) is 36.7 Å². The number of ether oxygens (including phenoxy) is 1. The van der Waals surface area contributed by atoms with Gasteiger partial charge in [0.1, 0.15) is 0 Å². The average Bonchev–Trinajstić information content (AvgIpc) is 2.43. The zero-order valence-corrected chi connectivity index (χ0v) is 11.2. The third-order valence-corrected chi connectivity index (χ3v) is 3.26.